The summed E-state index contributed by atoms with van der Waals surface area (Å²) in [6.45, 7) is 4.75. The number of hydrogen-bond donors (Lipinski definition) is 0. The molecular formula is C20H19ClN4O. The van der Waals surface area contributed by atoms with Crippen LogP contribution in [0.15, 0.2) is 48.5 Å². The Labute approximate surface area is 157 Å². The molecule has 0 spiro atoms. The van der Waals surface area contributed by atoms with Crippen molar-refractivity contribution >= 4 is 23.2 Å². The molecule has 0 saturated heterocycles. The van der Waals surface area contributed by atoms with Crippen molar-refractivity contribution in [3.8, 4) is 5.69 Å². The van der Waals surface area contributed by atoms with Crippen LogP contribution in [0, 0.1) is 0 Å². The van der Waals surface area contributed by atoms with Crippen LogP contribution in [0.5, 0.6) is 0 Å². The predicted octanol–water partition coefficient (Wildman–Crippen LogP) is 4.25. The largest absolute Gasteiger partial charge is 0.305 e. The molecule has 1 atom stereocenters. The van der Waals surface area contributed by atoms with Crippen molar-refractivity contribution in [3.05, 3.63) is 70.8 Å². The third-order valence-electron chi connectivity index (χ3n) is 4.72. The van der Waals surface area contributed by atoms with Crippen LogP contribution < -0.4 is 4.90 Å². The van der Waals surface area contributed by atoms with Gasteiger partial charge in [0.05, 0.1) is 10.7 Å². The maximum atomic E-state index is 13.1. The fourth-order valence-corrected chi connectivity index (χ4v) is 3.63. The zero-order chi connectivity index (χ0) is 18.3. The number of carbonyl (C=O) groups excluding carboxylic acids is 1. The summed E-state index contributed by atoms with van der Waals surface area (Å²) in [4.78, 5) is 19.4. The first-order chi connectivity index (χ1) is 12.6. The number of hydrogen-bond acceptors (Lipinski definition) is 3. The number of fused-ring (bicyclic) bond motifs is 1. The molecule has 0 aliphatic carbocycles. The molecule has 1 amide bonds. The van der Waals surface area contributed by atoms with Gasteiger partial charge in [-0.1, -0.05) is 55.8 Å². The number of aromatic nitrogens is 3. The van der Waals surface area contributed by atoms with Crippen molar-refractivity contribution in [1.29, 1.82) is 0 Å². The molecule has 1 aromatic heterocycles. The molecule has 1 aliphatic heterocycles. The average molecular weight is 367 g/mol. The van der Waals surface area contributed by atoms with Gasteiger partial charge in [0, 0.05) is 24.6 Å². The summed E-state index contributed by atoms with van der Waals surface area (Å²) in [6.07, 6.45) is 0.651. The van der Waals surface area contributed by atoms with Gasteiger partial charge in [-0.25, -0.2) is 9.67 Å². The van der Waals surface area contributed by atoms with Gasteiger partial charge in [-0.2, -0.15) is 0 Å². The quantitative estimate of drug-likeness (QED) is 0.696. The molecular weight excluding hydrogens is 348 g/mol. The molecule has 132 valence electrons. The summed E-state index contributed by atoms with van der Waals surface area (Å²) in [5, 5.41) is 5.06. The molecule has 2 aromatic carbocycles. The molecule has 5 nitrogen and oxygen atoms in total. The second-order valence-electron chi connectivity index (χ2n) is 6.44. The Morgan fingerprint density at radius 1 is 1.15 bits per heavy atom. The van der Waals surface area contributed by atoms with Gasteiger partial charge >= 0.3 is 0 Å². The van der Waals surface area contributed by atoms with Crippen molar-refractivity contribution in [2.75, 3.05) is 11.4 Å². The number of halogens is 1. The molecule has 0 bridgehead atoms. The second kappa shape index (κ2) is 6.57. The SMILES string of the molecule is CCc1nc(C(=O)N2C[C@H](C)c3ccccc32)nn1-c1ccccc1Cl. The monoisotopic (exact) mass is 366 g/mol. The maximum Gasteiger partial charge on any atom is 0.297 e. The lowest BCUT2D eigenvalue weighted by Crippen LogP contribution is -2.30. The van der Waals surface area contributed by atoms with E-state index in [1.54, 1.807) is 15.6 Å². The van der Waals surface area contributed by atoms with Crippen molar-refractivity contribution in [1.82, 2.24) is 14.8 Å². The van der Waals surface area contributed by atoms with E-state index in [9.17, 15) is 4.79 Å². The summed E-state index contributed by atoms with van der Waals surface area (Å²) < 4.78 is 1.67. The van der Waals surface area contributed by atoms with E-state index in [1.165, 1.54) is 5.56 Å². The first kappa shape index (κ1) is 16.8. The number of anilines is 1. The van der Waals surface area contributed by atoms with E-state index >= 15 is 0 Å². The Bertz CT molecular complexity index is 981. The second-order valence-corrected chi connectivity index (χ2v) is 6.85. The molecule has 1 aliphatic rings. The highest BCUT2D eigenvalue weighted by atomic mass is 35.5. The fraction of sp³-hybridized carbons (Fsp3) is 0.250. The molecule has 0 unspecified atom stereocenters. The van der Waals surface area contributed by atoms with Gasteiger partial charge in [0.1, 0.15) is 5.82 Å². The van der Waals surface area contributed by atoms with Gasteiger partial charge in [-0.05, 0) is 23.8 Å². The van der Waals surface area contributed by atoms with Crippen LogP contribution in [0.25, 0.3) is 5.69 Å². The van der Waals surface area contributed by atoms with Crippen LogP contribution in [-0.4, -0.2) is 27.2 Å². The minimum Gasteiger partial charge on any atom is -0.305 e. The zero-order valence-corrected chi connectivity index (χ0v) is 15.4. The van der Waals surface area contributed by atoms with Crippen molar-refractivity contribution in [2.45, 2.75) is 26.2 Å². The van der Waals surface area contributed by atoms with E-state index in [0.717, 1.165) is 11.4 Å². The highest BCUT2D eigenvalue weighted by Crippen LogP contribution is 2.36. The number of carbonyl (C=O) groups is 1. The highest BCUT2D eigenvalue weighted by Gasteiger charge is 2.32. The Balaban J connectivity index is 1.74. The lowest BCUT2D eigenvalue weighted by atomic mass is 10.0. The summed E-state index contributed by atoms with van der Waals surface area (Å²) in [5.74, 6) is 1.03. The highest BCUT2D eigenvalue weighted by molar-refractivity contribution is 6.32. The first-order valence-electron chi connectivity index (χ1n) is 8.71. The lowest BCUT2D eigenvalue weighted by molar-refractivity contribution is 0.0978. The molecule has 6 heteroatoms. The Morgan fingerprint density at radius 2 is 1.85 bits per heavy atom. The minimum absolute atomic E-state index is 0.178. The van der Waals surface area contributed by atoms with Crippen LogP contribution in [-0.2, 0) is 6.42 Å². The summed E-state index contributed by atoms with van der Waals surface area (Å²) in [5.41, 5.74) is 2.85. The third kappa shape index (κ3) is 2.69. The van der Waals surface area contributed by atoms with E-state index in [-0.39, 0.29) is 11.7 Å². The number of amides is 1. The Morgan fingerprint density at radius 3 is 2.58 bits per heavy atom. The average Bonchev–Trinajstić information content (AvgIpc) is 3.23. The molecule has 2 heterocycles. The zero-order valence-electron chi connectivity index (χ0n) is 14.7. The van der Waals surface area contributed by atoms with Crippen LogP contribution in [0.3, 0.4) is 0 Å². The van der Waals surface area contributed by atoms with E-state index in [2.05, 4.69) is 23.1 Å². The lowest BCUT2D eigenvalue weighted by Gasteiger charge is -2.15. The summed E-state index contributed by atoms with van der Waals surface area (Å²) in [6, 6.07) is 15.4. The van der Waals surface area contributed by atoms with Gasteiger partial charge in [-0.3, -0.25) is 4.79 Å². The molecule has 0 radical (unpaired) electrons. The number of nitrogens with zero attached hydrogens (tertiary/aromatic N) is 4. The van der Waals surface area contributed by atoms with Crippen LogP contribution in [0.1, 0.15) is 41.8 Å². The molecule has 26 heavy (non-hydrogen) atoms. The third-order valence-corrected chi connectivity index (χ3v) is 5.04. The smallest absolute Gasteiger partial charge is 0.297 e. The number of benzene rings is 2. The Hall–Kier alpha value is -2.66. The molecule has 3 aromatic rings. The molecule has 0 N–H and O–H groups in total. The van der Waals surface area contributed by atoms with E-state index in [0.29, 0.717) is 29.7 Å². The van der Waals surface area contributed by atoms with Gasteiger partial charge in [0.2, 0.25) is 5.82 Å². The van der Waals surface area contributed by atoms with Crippen LogP contribution >= 0.6 is 11.6 Å². The molecule has 0 saturated carbocycles. The summed E-state index contributed by atoms with van der Waals surface area (Å²) >= 11 is 6.31. The number of para-hydroxylation sites is 2. The number of aryl methyl sites for hydroxylation is 1. The van der Waals surface area contributed by atoms with E-state index < -0.39 is 0 Å². The van der Waals surface area contributed by atoms with Crippen LogP contribution in [0.4, 0.5) is 5.69 Å². The van der Waals surface area contributed by atoms with Crippen molar-refractivity contribution in [3.63, 3.8) is 0 Å². The fourth-order valence-electron chi connectivity index (χ4n) is 3.41. The first-order valence-corrected chi connectivity index (χ1v) is 9.09. The standard InChI is InChI=1S/C20H19ClN4O/c1-3-18-22-19(23-25(18)17-11-7-5-9-15(17)21)20(26)24-12-13(2)14-8-4-6-10-16(14)24/h4-11,13H,3,12H2,1-2H3/t13-/m0/s1. The van der Waals surface area contributed by atoms with Gasteiger partial charge in [-0.15, -0.1) is 5.10 Å². The predicted molar refractivity (Wildman–Crippen MR) is 102 cm³/mol. The van der Waals surface area contributed by atoms with Crippen molar-refractivity contribution < 1.29 is 4.79 Å². The topological polar surface area (TPSA) is 51.0 Å². The van der Waals surface area contributed by atoms with Crippen molar-refractivity contribution in [2.24, 2.45) is 0 Å². The van der Waals surface area contributed by atoms with Gasteiger partial charge in [0.25, 0.3) is 5.91 Å². The van der Waals surface area contributed by atoms with Gasteiger partial charge < -0.3 is 4.90 Å². The summed E-state index contributed by atoms with van der Waals surface area (Å²) in [7, 11) is 0. The van der Waals surface area contributed by atoms with Gasteiger partial charge in [0.15, 0.2) is 0 Å². The maximum absolute atomic E-state index is 13.1. The van der Waals surface area contributed by atoms with E-state index in [1.807, 2.05) is 43.3 Å². The molecule has 0 fully saturated rings. The molecule has 4 rings (SSSR count). The van der Waals surface area contributed by atoms with E-state index in [4.69, 9.17) is 11.6 Å². The minimum atomic E-state index is -0.178. The Kier molecular flexibility index (Phi) is 4.24. The van der Waals surface area contributed by atoms with Crippen LogP contribution in [0.2, 0.25) is 5.02 Å². The number of rotatable bonds is 3. The normalized spacial score (nSPS) is 16.0.